The molecule has 0 saturated heterocycles. The van der Waals surface area contributed by atoms with Gasteiger partial charge >= 0.3 is 0 Å². The van der Waals surface area contributed by atoms with Gasteiger partial charge in [0.1, 0.15) is 5.82 Å². The summed E-state index contributed by atoms with van der Waals surface area (Å²) in [5.41, 5.74) is 4.84. The minimum Gasteiger partial charge on any atom is -0.459 e. The lowest BCUT2D eigenvalue weighted by molar-refractivity contribution is -0.119. The highest BCUT2D eigenvalue weighted by molar-refractivity contribution is 7.07. The molecular formula is C5H7N3O2S. The van der Waals surface area contributed by atoms with E-state index in [4.69, 9.17) is 10.5 Å². The summed E-state index contributed by atoms with van der Waals surface area (Å²) in [6, 6.07) is 0. The van der Waals surface area contributed by atoms with E-state index < -0.39 is 5.91 Å². The van der Waals surface area contributed by atoms with Crippen LogP contribution >= 0.6 is 11.5 Å². The van der Waals surface area contributed by atoms with Crippen molar-refractivity contribution in [2.24, 2.45) is 5.73 Å². The zero-order valence-electron chi connectivity index (χ0n) is 5.90. The molecule has 0 fully saturated rings. The Hall–Kier alpha value is -1.17. The van der Waals surface area contributed by atoms with E-state index in [1.165, 1.54) is 0 Å². The van der Waals surface area contributed by atoms with Crippen molar-refractivity contribution in [2.45, 2.75) is 6.92 Å². The largest absolute Gasteiger partial charge is 0.459 e. The number of nitrogens with two attached hydrogens (primary N) is 1. The smallest absolute Gasteiger partial charge is 0.293 e. The van der Waals surface area contributed by atoms with Gasteiger partial charge in [0.15, 0.2) is 6.61 Å². The molecule has 0 aliphatic rings. The summed E-state index contributed by atoms with van der Waals surface area (Å²) in [4.78, 5) is 14.1. The second-order valence-electron chi connectivity index (χ2n) is 1.86. The molecule has 0 saturated carbocycles. The quantitative estimate of drug-likeness (QED) is 0.681. The number of ether oxygens (including phenoxy) is 1. The highest BCUT2D eigenvalue weighted by Gasteiger charge is 2.01. The number of rotatable bonds is 3. The number of nitrogens with zero attached hydrogens (tertiary/aromatic N) is 2. The Morgan fingerprint density at radius 3 is 3.00 bits per heavy atom. The van der Waals surface area contributed by atoms with Crippen molar-refractivity contribution in [2.75, 3.05) is 6.61 Å². The van der Waals surface area contributed by atoms with Gasteiger partial charge in [0, 0.05) is 11.5 Å². The molecule has 0 atom stereocenters. The SMILES string of the molecule is Cc1nsc(OCC(N)=O)n1. The van der Waals surface area contributed by atoms with Crippen LogP contribution in [0.1, 0.15) is 5.82 Å². The highest BCUT2D eigenvalue weighted by atomic mass is 32.1. The van der Waals surface area contributed by atoms with Crippen LogP contribution in [-0.2, 0) is 4.79 Å². The summed E-state index contributed by atoms with van der Waals surface area (Å²) in [5, 5.41) is 0.376. The van der Waals surface area contributed by atoms with Crippen molar-refractivity contribution in [3.05, 3.63) is 5.82 Å². The molecule has 0 radical (unpaired) electrons. The van der Waals surface area contributed by atoms with Crippen LogP contribution < -0.4 is 10.5 Å². The predicted molar refractivity (Wildman–Crippen MR) is 39.3 cm³/mol. The molecule has 0 spiro atoms. The summed E-state index contributed by atoms with van der Waals surface area (Å²) >= 11 is 1.10. The highest BCUT2D eigenvalue weighted by Crippen LogP contribution is 2.12. The molecule has 0 aromatic carbocycles. The average molecular weight is 173 g/mol. The Bertz CT molecular complexity index is 260. The standard InChI is InChI=1S/C5H7N3O2S/c1-3-7-5(11-8-3)10-2-4(6)9/h2H2,1H3,(H2,6,9). The molecular weight excluding hydrogens is 166 g/mol. The Kier molecular flexibility index (Phi) is 2.37. The third-order valence-electron chi connectivity index (χ3n) is 0.847. The van der Waals surface area contributed by atoms with Crippen LogP contribution in [0.15, 0.2) is 0 Å². The summed E-state index contributed by atoms with van der Waals surface area (Å²) in [7, 11) is 0. The molecule has 11 heavy (non-hydrogen) atoms. The van der Waals surface area contributed by atoms with E-state index in [9.17, 15) is 4.79 Å². The van der Waals surface area contributed by atoms with Gasteiger partial charge in [-0.3, -0.25) is 4.79 Å². The zero-order valence-corrected chi connectivity index (χ0v) is 6.72. The molecule has 0 aliphatic heterocycles. The van der Waals surface area contributed by atoms with E-state index in [1.54, 1.807) is 6.92 Å². The number of primary amides is 1. The van der Waals surface area contributed by atoms with E-state index >= 15 is 0 Å². The van der Waals surface area contributed by atoms with Crippen molar-refractivity contribution < 1.29 is 9.53 Å². The van der Waals surface area contributed by atoms with Gasteiger partial charge in [0.2, 0.25) is 0 Å². The predicted octanol–water partition coefficient (Wildman–Crippen LogP) is -0.289. The van der Waals surface area contributed by atoms with E-state index in [-0.39, 0.29) is 6.61 Å². The molecule has 0 unspecified atom stereocenters. The molecule has 5 nitrogen and oxygen atoms in total. The fourth-order valence-corrected chi connectivity index (χ4v) is 1.01. The second-order valence-corrected chi connectivity index (χ2v) is 2.58. The molecule has 60 valence electrons. The van der Waals surface area contributed by atoms with Crippen molar-refractivity contribution in [3.8, 4) is 5.19 Å². The maximum atomic E-state index is 10.2. The molecule has 1 aromatic rings. The monoisotopic (exact) mass is 173 g/mol. The van der Waals surface area contributed by atoms with Gasteiger partial charge in [-0.05, 0) is 6.92 Å². The molecule has 1 rings (SSSR count). The van der Waals surface area contributed by atoms with Crippen molar-refractivity contribution in [1.82, 2.24) is 9.36 Å². The molecule has 1 amide bonds. The fraction of sp³-hybridized carbons (Fsp3) is 0.400. The van der Waals surface area contributed by atoms with Crippen LogP contribution in [0.2, 0.25) is 0 Å². The molecule has 6 heteroatoms. The van der Waals surface area contributed by atoms with Crippen LogP contribution in [0.3, 0.4) is 0 Å². The van der Waals surface area contributed by atoms with Gasteiger partial charge in [0.05, 0.1) is 0 Å². The van der Waals surface area contributed by atoms with Crippen LogP contribution in [0.4, 0.5) is 0 Å². The number of carbonyl (C=O) groups excluding carboxylic acids is 1. The summed E-state index contributed by atoms with van der Waals surface area (Å²) in [6.45, 7) is 1.60. The lowest BCUT2D eigenvalue weighted by Crippen LogP contribution is -2.19. The van der Waals surface area contributed by atoms with Crippen LogP contribution in [0.25, 0.3) is 0 Å². The first kappa shape index (κ1) is 7.93. The summed E-state index contributed by atoms with van der Waals surface area (Å²) in [5.74, 6) is 0.118. The second kappa shape index (κ2) is 3.29. The average Bonchev–Trinajstić information content (AvgIpc) is 2.31. The lowest BCUT2D eigenvalue weighted by Gasteiger charge is -1.94. The van der Waals surface area contributed by atoms with Crippen molar-refractivity contribution >= 4 is 17.4 Å². The number of carbonyl (C=O) groups is 1. The Morgan fingerprint density at radius 1 is 1.82 bits per heavy atom. The summed E-state index contributed by atoms with van der Waals surface area (Å²) in [6.07, 6.45) is 0. The summed E-state index contributed by atoms with van der Waals surface area (Å²) < 4.78 is 8.71. The first-order valence-electron chi connectivity index (χ1n) is 2.90. The Morgan fingerprint density at radius 2 is 2.55 bits per heavy atom. The van der Waals surface area contributed by atoms with Crippen LogP contribution in [0, 0.1) is 6.92 Å². The molecule has 0 aliphatic carbocycles. The third kappa shape index (κ3) is 2.50. The van der Waals surface area contributed by atoms with Gasteiger partial charge in [-0.15, -0.1) is 0 Å². The van der Waals surface area contributed by atoms with Gasteiger partial charge in [-0.1, -0.05) is 0 Å². The van der Waals surface area contributed by atoms with Crippen molar-refractivity contribution in [3.63, 3.8) is 0 Å². The normalized spacial score (nSPS) is 9.55. The Balaban J connectivity index is 2.45. The fourth-order valence-electron chi connectivity index (χ4n) is 0.470. The maximum Gasteiger partial charge on any atom is 0.293 e. The third-order valence-corrected chi connectivity index (χ3v) is 1.57. The minimum atomic E-state index is -0.516. The molecule has 1 aromatic heterocycles. The zero-order chi connectivity index (χ0) is 8.27. The van der Waals surface area contributed by atoms with Gasteiger partial charge in [-0.2, -0.15) is 9.36 Å². The number of aryl methyl sites for hydroxylation is 1. The number of amides is 1. The molecule has 0 bridgehead atoms. The van der Waals surface area contributed by atoms with Gasteiger partial charge < -0.3 is 10.5 Å². The topological polar surface area (TPSA) is 78.1 Å². The number of hydrogen-bond donors (Lipinski definition) is 1. The van der Waals surface area contributed by atoms with E-state index in [1.807, 2.05) is 0 Å². The first-order valence-corrected chi connectivity index (χ1v) is 3.67. The van der Waals surface area contributed by atoms with Crippen molar-refractivity contribution in [1.29, 1.82) is 0 Å². The first-order chi connectivity index (χ1) is 5.18. The van der Waals surface area contributed by atoms with Crippen LogP contribution in [-0.4, -0.2) is 21.9 Å². The van der Waals surface area contributed by atoms with Gasteiger partial charge in [-0.25, -0.2) is 0 Å². The maximum absolute atomic E-state index is 10.2. The lowest BCUT2D eigenvalue weighted by atomic mass is 10.7. The van der Waals surface area contributed by atoms with Crippen LogP contribution in [0.5, 0.6) is 5.19 Å². The number of hydrogen-bond acceptors (Lipinski definition) is 5. The van der Waals surface area contributed by atoms with E-state index in [0.717, 1.165) is 11.5 Å². The molecule has 2 N–H and O–H groups in total. The molecule has 1 heterocycles. The van der Waals surface area contributed by atoms with E-state index in [0.29, 0.717) is 11.0 Å². The van der Waals surface area contributed by atoms with Gasteiger partial charge in [0.25, 0.3) is 11.1 Å². The Labute approximate surface area is 67.4 Å². The number of aromatic nitrogens is 2. The minimum absolute atomic E-state index is 0.144. The van der Waals surface area contributed by atoms with E-state index in [2.05, 4.69) is 9.36 Å².